The number of nitroso groups, excluding NO2 is 1. The number of rotatable bonds is 0. The van der Waals surface area contributed by atoms with Crippen LogP contribution >= 0.6 is 0 Å². The highest BCUT2D eigenvalue weighted by atomic mass is 16.3. The van der Waals surface area contributed by atoms with Gasteiger partial charge in [0.05, 0.1) is 0 Å². The van der Waals surface area contributed by atoms with E-state index in [0.29, 0.717) is 0 Å². The zero-order chi connectivity index (χ0) is 5.11. The third-order valence-electron chi connectivity index (χ3n) is 1.32. The lowest BCUT2D eigenvalue weighted by Crippen LogP contribution is -2.16. The Morgan fingerprint density at radius 3 is 1.75 bits per heavy atom. The van der Waals surface area contributed by atoms with Gasteiger partial charge in [0.1, 0.15) is 0 Å². The summed E-state index contributed by atoms with van der Waals surface area (Å²) >= 11 is 0. The van der Waals surface area contributed by atoms with Gasteiger partial charge in [-0.25, -0.2) is 0 Å². The van der Waals surface area contributed by atoms with Crippen molar-refractivity contribution < 1.29 is 4.76 Å². The van der Waals surface area contributed by atoms with E-state index in [1.54, 1.807) is 0 Å². The van der Waals surface area contributed by atoms with Crippen LogP contribution in [0.4, 0.5) is 0 Å². The minimum atomic E-state index is 0. The van der Waals surface area contributed by atoms with Gasteiger partial charge in [0.15, 0.2) is 13.1 Å². The van der Waals surface area contributed by atoms with Crippen LogP contribution in [0.1, 0.15) is 26.7 Å². The van der Waals surface area contributed by atoms with Gasteiger partial charge in [-0.1, -0.05) is 7.43 Å². The molecule has 1 aliphatic rings. The van der Waals surface area contributed by atoms with Gasteiger partial charge in [0.25, 0.3) is 0 Å². The van der Waals surface area contributed by atoms with E-state index in [1.165, 1.54) is 6.42 Å². The van der Waals surface area contributed by atoms with Gasteiger partial charge >= 0.3 is 0 Å². The third-order valence-corrected chi connectivity index (χ3v) is 1.32. The number of nitrogens with zero attached hydrogens (tertiary/aromatic N) is 1. The smallest absolute Gasteiger partial charge is 0.0776 e. The molecule has 0 aromatic carbocycles. The summed E-state index contributed by atoms with van der Waals surface area (Å²) in [6, 6.07) is 0. The van der Waals surface area contributed by atoms with Gasteiger partial charge in [0.2, 0.25) is 0 Å². The molecule has 0 atom stereocenters. The fourth-order valence-corrected chi connectivity index (χ4v) is 0.865. The van der Waals surface area contributed by atoms with Crippen LogP contribution in [-0.2, 0) is 0 Å². The average molecular weight is 116 g/mol. The monoisotopic (exact) mass is 116 g/mol. The fourth-order valence-electron chi connectivity index (χ4n) is 0.865. The maximum Gasteiger partial charge on any atom is 0.192 e. The van der Waals surface area contributed by atoms with E-state index in [9.17, 15) is 4.91 Å². The maximum atomic E-state index is 10.4. The molecule has 0 spiro atoms. The summed E-state index contributed by atoms with van der Waals surface area (Å²) in [6.07, 6.45) is 3.45. The molecule has 0 aromatic heterocycles. The molecule has 0 unspecified atom stereocenters. The van der Waals surface area contributed by atoms with Crippen LogP contribution in [0.25, 0.3) is 0 Å². The van der Waals surface area contributed by atoms with Crippen LogP contribution in [0.2, 0.25) is 0 Å². The topological polar surface area (TPSA) is 20.1 Å². The second-order valence-corrected chi connectivity index (χ2v) is 1.99. The van der Waals surface area contributed by atoms with Gasteiger partial charge in [0, 0.05) is 17.7 Å². The Bertz CT molecular complexity index is 72.6. The molecule has 1 heterocycles. The van der Waals surface area contributed by atoms with Crippen molar-refractivity contribution in [2.75, 3.05) is 13.1 Å². The highest BCUT2D eigenvalue weighted by molar-refractivity contribution is 4.43. The molecule has 0 radical (unpaired) electrons. The van der Waals surface area contributed by atoms with E-state index in [1.807, 2.05) is 0 Å². The Morgan fingerprint density at radius 2 is 1.50 bits per heavy atom. The SMILES string of the molecule is C.O=[N+]1CCCCC1. The summed E-state index contributed by atoms with van der Waals surface area (Å²) in [5.74, 6) is 0. The molecule has 1 aliphatic heterocycles. The minimum absolute atomic E-state index is 0. The molecule has 1 saturated heterocycles. The normalized spacial score (nSPS) is 19.8. The Hall–Kier alpha value is -0.400. The number of hydrogen-bond donors (Lipinski definition) is 0. The Kier molecular flexibility index (Phi) is 3.40. The molecule has 0 N–H and O–H groups in total. The Morgan fingerprint density at radius 1 is 1.00 bits per heavy atom. The lowest BCUT2D eigenvalue weighted by molar-refractivity contribution is -0.557. The molecule has 0 bridgehead atoms. The van der Waals surface area contributed by atoms with Crippen molar-refractivity contribution in [3.05, 3.63) is 4.91 Å². The third kappa shape index (κ3) is 2.05. The summed E-state index contributed by atoms with van der Waals surface area (Å²) in [6.45, 7) is 1.53. The number of hydrogen-bond acceptors (Lipinski definition) is 1. The molecule has 48 valence electrons. The van der Waals surface area contributed by atoms with Crippen LogP contribution in [-0.4, -0.2) is 17.8 Å². The van der Waals surface area contributed by atoms with Gasteiger partial charge in [-0.05, 0) is 11.2 Å². The van der Waals surface area contributed by atoms with Crippen molar-refractivity contribution in [2.24, 2.45) is 0 Å². The maximum absolute atomic E-state index is 10.4. The Balaban J connectivity index is 0.000000490. The standard InChI is InChI=1S/C5H10NO.CH4/c7-6-4-2-1-3-5-6;/h1-5H2;1H4/q+1;. The molecule has 0 aromatic rings. The van der Waals surface area contributed by atoms with E-state index >= 15 is 0 Å². The zero-order valence-corrected chi connectivity index (χ0v) is 4.39. The second-order valence-electron chi connectivity index (χ2n) is 1.99. The highest BCUT2D eigenvalue weighted by Crippen LogP contribution is 2.01. The van der Waals surface area contributed by atoms with Crippen LogP contribution in [0, 0.1) is 4.91 Å². The summed E-state index contributed by atoms with van der Waals surface area (Å²) in [4.78, 5) is 10.4. The molecule has 0 saturated carbocycles. The molecule has 2 heteroatoms. The quantitative estimate of drug-likeness (QED) is 0.440. The Labute approximate surface area is 50.5 Å². The van der Waals surface area contributed by atoms with E-state index in [4.69, 9.17) is 0 Å². The highest BCUT2D eigenvalue weighted by Gasteiger charge is 2.12. The molecular weight excluding hydrogens is 102 g/mol. The minimum Gasteiger partial charge on any atom is -0.0776 e. The first-order valence-electron chi connectivity index (χ1n) is 2.82. The molecule has 1 rings (SSSR count). The second kappa shape index (κ2) is 3.58. The van der Waals surface area contributed by atoms with Crippen LogP contribution in [0.15, 0.2) is 0 Å². The van der Waals surface area contributed by atoms with Gasteiger partial charge < -0.3 is 0 Å². The van der Waals surface area contributed by atoms with Crippen molar-refractivity contribution in [3.63, 3.8) is 0 Å². The summed E-state index contributed by atoms with van der Waals surface area (Å²) in [7, 11) is 0. The van der Waals surface area contributed by atoms with E-state index < -0.39 is 0 Å². The van der Waals surface area contributed by atoms with Gasteiger partial charge in [-0.15, -0.1) is 0 Å². The van der Waals surface area contributed by atoms with Crippen molar-refractivity contribution in [1.29, 1.82) is 0 Å². The molecule has 8 heavy (non-hydrogen) atoms. The largest absolute Gasteiger partial charge is 0.192 e. The van der Waals surface area contributed by atoms with Crippen molar-refractivity contribution >= 4 is 0 Å². The predicted molar refractivity (Wildman–Crippen MR) is 33.9 cm³/mol. The number of piperidine rings is 1. The zero-order valence-electron chi connectivity index (χ0n) is 4.39. The van der Waals surface area contributed by atoms with Crippen molar-refractivity contribution in [1.82, 2.24) is 0 Å². The molecule has 0 amide bonds. The van der Waals surface area contributed by atoms with Crippen molar-refractivity contribution in [3.8, 4) is 0 Å². The molecule has 1 fully saturated rings. The van der Waals surface area contributed by atoms with Crippen LogP contribution in [0.3, 0.4) is 0 Å². The molecule has 0 aliphatic carbocycles. The first kappa shape index (κ1) is 7.60. The lowest BCUT2D eigenvalue weighted by atomic mass is 10.2. The first-order chi connectivity index (χ1) is 3.39. The predicted octanol–water partition coefficient (Wildman–Crippen LogP) is 1.59. The van der Waals surface area contributed by atoms with Crippen LogP contribution < -0.4 is 0 Å². The summed E-state index contributed by atoms with van der Waals surface area (Å²) in [5.41, 5.74) is 0. The van der Waals surface area contributed by atoms with Crippen molar-refractivity contribution in [2.45, 2.75) is 26.7 Å². The fraction of sp³-hybridized carbons (Fsp3) is 1.00. The van der Waals surface area contributed by atoms with E-state index in [0.717, 1.165) is 30.7 Å². The lowest BCUT2D eigenvalue weighted by Gasteiger charge is -1.99. The van der Waals surface area contributed by atoms with Gasteiger partial charge in [-0.3, -0.25) is 0 Å². The first-order valence-corrected chi connectivity index (χ1v) is 2.82. The van der Waals surface area contributed by atoms with E-state index in [2.05, 4.69) is 0 Å². The van der Waals surface area contributed by atoms with E-state index in [-0.39, 0.29) is 7.43 Å². The average Bonchev–Trinajstić information content (AvgIpc) is 1.69. The van der Waals surface area contributed by atoms with Crippen LogP contribution in [0.5, 0.6) is 0 Å². The molecule has 2 nitrogen and oxygen atoms in total. The summed E-state index contributed by atoms with van der Waals surface area (Å²) in [5, 5.41) is 0. The molecular formula is C6H14NO+. The summed E-state index contributed by atoms with van der Waals surface area (Å²) < 4.78 is 1.14. The van der Waals surface area contributed by atoms with Gasteiger partial charge in [-0.2, -0.15) is 0 Å².